The molecule has 4 heteroatoms. The Balaban J connectivity index is 2.10. The van der Waals surface area contributed by atoms with Crippen molar-refractivity contribution in [3.8, 4) is 0 Å². The SMILES string of the molecule is CCC1(C)CC(Nc2c(F)cccc2Cl)CCO1. The van der Waals surface area contributed by atoms with E-state index < -0.39 is 0 Å². The summed E-state index contributed by atoms with van der Waals surface area (Å²) in [5, 5.41) is 3.65. The first-order chi connectivity index (χ1) is 8.54. The van der Waals surface area contributed by atoms with Crippen LogP contribution in [0.15, 0.2) is 18.2 Å². The number of halogens is 2. The van der Waals surface area contributed by atoms with E-state index in [1.54, 1.807) is 12.1 Å². The zero-order chi connectivity index (χ0) is 13.2. The molecule has 2 atom stereocenters. The summed E-state index contributed by atoms with van der Waals surface area (Å²) in [6.07, 6.45) is 2.70. The summed E-state index contributed by atoms with van der Waals surface area (Å²) in [5.41, 5.74) is 0.290. The number of benzene rings is 1. The Hall–Kier alpha value is -0.800. The molecule has 0 amide bonds. The monoisotopic (exact) mass is 271 g/mol. The van der Waals surface area contributed by atoms with Gasteiger partial charge in [0, 0.05) is 12.6 Å². The lowest BCUT2D eigenvalue weighted by Gasteiger charge is -2.38. The van der Waals surface area contributed by atoms with Crippen LogP contribution in [-0.4, -0.2) is 18.2 Å². The molecule has 1 N–H and O–H groups in total. The van der Waals surface area contributed by atoms with Crippen LogP contribution in [-0.2, 0) is 4.74 Å². The van der Waals surface area contributed by atoms with Crippen LogP contribution in [0.5, 0.6) is 0 Å². The molecular formula is C14H19ClFNO. The highest BCUT2D eigenvalue weighted by molar-refractivity contribution is 6.33. The lowest BCUT2D eigenvalue weighted by molar-refractivity contribution is -0.0709. The fourth-order valence-electron chi connectivity index (χ4n) is 2.34. The number of hydrogen-bond acceptors (Lipinski definition) is 2. The minimum Gasteiger partial charge on any atom is -0.379 e. The fraction of sp³-hybridized carbons (Fsp3) is 0.571. The fourth-order valence-corrected chi connectivity index (χ4v) is 2.56. The van der Waals surface area contributed by atoms with Gasteiger partial charge in [-0.25, -0.2) is 4.39 Å². The summed E-state index contributed by atoms with van der Waals surface area (Å²) in [6, 6.07) is 4.94. The van der Waals surface area contributed by atoms with E-state index in [-0.39, 0.29) is 17.5 Å². The first kappa shape index (κ1) is 13.6. The van der Waals surface area contributed by atoms with Crippen LogP contribution in [0, 0.1) is 5.82 Å². The van der Waals surface area contributed by atoms with E-state index in [0.717, 1.165) is 19.3 Å². The van der Waals surface area contributed by atoms with Gasteiger partial charge in [0.25, 0.3) is 0 Å². The van der Waals surface area contributed by atoms with Gasteiger partial charge in [-0.3, -0.25) is 0 Å². The van der Waals surface area contributed by atoms with Crippen LogP contribution in [0.4, 0.5) is 10.1 Å². The first-order valence-electron chi connectivity index (χ1n) is 6.38. The molecule has 100 valence electrons. The van der Waals surface area contributed by atoms with Crippen LogP contribution in [0.2, 0.25) is 5.02 Å². The van der Waals surface area contributed by atoms with Crippen molar-refractivity contribution in [3.63, 3.8) is 0 Å². The topological polar surface area (TPSA) is 21.3 Å². The molecule has 1 heterocycles. The molecular weight excluding hydrogens is 253 g/mol. The minimum atomic E-state index is -0.299. The van der Waals surface area contributed by atoms with E-state index >= 15 is 0 Å². The molecule has 1 saturated heterocycles. The van der Waals surface area contributed by atoms with E-state index in [1.165, 1.54) is 6.07 Å². The van der Waals surface area contributed by atoms with Crippen LogP contribution >= 0.6 is 11.6 Å². The van der Waals surface area contributed by atoms with E-state index in [4.69, 9.17) is 16.3 Å². The summed E-state index contributed by atoms with van der Waals surface area (Å²) < 4.78 is 19.5. The van der Waals surface area contributed by atoms with Gasteiger partial charge in [0.05, 0.1) is 16.3 Å². The van der Waals surface area contributed by atoms with E-state index in [2.05, 4.69) is 19.2 Å². The molecule has 18 heavy (non-hydrogen) atoms. The minimum absolute atomic E-state index is 0.117. The molecule has 1 aliphatic rings. The highest BCUT2D eigenvalue weighted by Crippen LogP contribution is 2.32. The third kappa shape index (κ3) is 2.96. The van der Waals surface area contributed by atoms with Gasteiger partial charge in [0.2, 0.25) is 0 Å². The molecule has 0 radical (unpaired) electrons. The van der Waals surface area contributed by atoms with Crippen molar-refractivity contribution < 1.29 is 9.13 Å². The number of rotatable bonds is 3. The second-order valence-electron chi connectivity index (χ2n) is 5.08. The average molecular weight is 272 g/mol. The lowest BCUT2D eigenvalue weighted by Crippen LogP contribution is -2.42. The van der Waals surface area contributed by atoms with Crippen molar-refractivity contribution in [2.45, 2.75) is 44.8 Å². The predicted octanol–water partition coefficient (Wildman–Crippen LogP) is 4.24. The molecule has 1 aromatic rings. The first-order valence-corrected chi connectivity index (χ1v) is 6.76. The summed E-state index contributed by atoms with van der Waals surface area (Å²) in [6.45, 7) is 4.91. The number of nitrogens with one attached hydrogen (secondary N) is 1. The van der Waals surface area contributed by atoms with E-state index in [1.807, 2.05) is 0 Å². The van der Waals surface area contributed by atoms with E-state index in [0.29, 0.717) is 17.3 Å². The number of ether oxygens (including phenoxy) is 1. The maximum atomic E-state index is 13.7. The smallest absolute Gasteiger partial charge is 0.147 e. The summed E-state index contributed by atoms with van der Waals surface area (Å²) in [4.78, 5) is 0. The Morgan fingerprint density at radius 1 is 1.56 bits per heavy atom. The van der Waals surface area contributed by atoms with E-state index in [9.17, 15) is 4.39 Å². The second-order valence-corrected chi connectivity index (χ2v) is 5.49. The van der Waals surface area contributed by atoms with Crippen molar-refractivity contribution in [2.75, 3.05) is 11.9 Å². The van der Waals surface area contributed by atoms with Crippen molar-refractivity contribution in [2.24, 2.45) is 0 Å². The second kappa shape index (κ2) is 5.45. The third-order valence-corrected chi connectivity index (χ3v) is 3.97. The normalized spacial score (nSPS) is 28.1. The molecule has 0 aromatic heterocycles. The molecule has 2 nitrogen and oxygen atoms in total. The van der Waals surface area contributed by atoms with Gasteiger partial charge in [-0.2, -0.15) is 0 Å². The van der Waals surface area contributed by atoms with Crippen molar-refractivity contribution >= 4 is 17.3 Å². The van der Waals surface area contributed by atoms with Gasteiger partial charge in [-0.1, -0.05) is 24.6 Å². The Bertz CT molecular complexity index is 406. The molecule has 1 aliphatic heterocycles. The maximum Gasteiger partial charge on any atom is 0.147 e. The van der Waals surface area contributed by atoms with Crippen molar-refractivity contribution in [1.82, 2.24) is 0 Å². The quantitative estimate of drug-likeness (QED) is 0.888. The summed E-state index contributed by atoms with van der Waals surface area (Å²) in [5.74, 6) is -0.299. The maximum absolute atomic E-state index is 13.7. The van der Waals surface area contributed by atoms with Gasteiger partial charge >= 0.3 is 0 Å². The van der Waals surface area contributed by atoms with Gasteiger partial charge in [0.15, 0.2) is 0 Å². The predicted molar refractivity (Wildman–Crippen MR) is 72.7 cm³/mol. The standard InChI is InChI=1S/C14H19ClFNO/c1-3-14(2)9-10(7-8-18-14)17-13-11(15)5-4-6-12(13)16/h4-6,10,17H,3,7-9H2,1-2H3. The Kier molecular flexibility index (Phi) is 4.13. The molecule has 0 bridgehead atoms. The van der Waals surface area contributed by atoms with Gasteiger partial charge in [-0.05, 0) is 38.3 Å². The van der Waals surface area contributed by atoms with Gasteiger partial charge in [0.1, 0.15) is 5.82 Å². The van der Waals surface area contributed by atoms with Crippen molar-refractivity contribution in [3.05, 3.63) is 29.0 Å². The van der Waals surface area contributed by atoms with Crippen molar-refractivity contribution in [1.29, 1.82) is 0 Å². The van der Waals surface area contributed by atoms with Crippen LogP contribution in [0.3, 0.4) is 0 Å². The third-order valence-electron chi connectivity index (χ3n) is 3.65. The zero-order valence-electron chi connectivity index (χ0n) is 10.8. The molecule has 2 rings (SSSR count). The lowest BCUT2D eigenvalue weighted by atomic mass is 9.90. The number of hydrogen-bond donors (Lipinski definition) is 1. The zero-order valence-corrected chi connectivity index (χ0v) is 11.6. The largest absolute Gasteiger partial charge is 0.379 e. The van der Waals surface area contributed by atoms with Crippen LogP contribution < -0.4 is 5.32 Å². The molecule has 0 spiro atoms. The highest BCUT2D eigenvalue weighted by Gasteiger charge is 2.32. The Labute approximate surface area is 112 Å². The van der Waals surface area contributed by atoms with Crippen LogP contribution in [0.1, 0.15) is 33.1 Å². The molecule has 2 unspecified atom stereocenters. The number of anilines is 1. The Morgan fingerprint density at radius 3 is 3.00 bits per heavy atom. The van der Waals surface area contributed by atoms with Gasteiger partial charge < -0.3 is 10.1 Å². The molecule has 0 aliphatic carbocycles. The highest BCUT2D eigenvalue weighted by atomic mass is 35.5. The molecule has 0 saturated carbocycles. The molecule has 1 fully saturated rings. The number of para-hydroxylation sites is 1. The van der Waals surface area contributed by atoms with Gasteiger partial charge in [-0.15, -0.1) is 0 Å². The molecule has 1 aromatic carbocycles. The average Bonchev–Trinajstić information content (AvgIpc) is 2.34. The van der Waals surface area contributed by atoms with Crippen LogP contribution in [0.25, 0.3) is 0 Å². The summed E-state index contributed by atoms with van der Waals surface area (Å²) >= 11 is 6.02. The Morgan fingerprint density at radius 2 is 2.33 bits per heavy atom. The summed E-state index contributed by atoms with van der Waals surface area (Å²) in [7, 11) is 0.